The van der Waals surface area contributed by atoms with E-state index in [0.717, 1.165) is 11.3 Å². The van der Waals surface area contributed by atoms with Crippen LogP contribution in [0.2, 0.25) is 10.0 Å². The van der Waals surface area contributed by atoms with Crippen molar-refractivity contribution in [1.82, 2.24) is 4.57 Å². The van der Waals surface area contributed by atoms with E-state index in [9.17, 15) is 9.59 Å². The van der Waals surface area contributed by atoms with Crippen molar-refractivity contribution in [2.24, 2.45) is 0 Å². The monoisotopic (exact) mass is 462 g/mol. The minimum Gasteiger partial charge on any atom is -0.340 e. The molecule has 0 radical (unpaired) electrons. The topological polar surface area (TPSA) is 51.1 Å². The first-order valence-electron chi connectivity index (χ1n) is 10.0. The number of amides is 1. The molecule has 1 aromatic heterocycles. The molecule has 0 spiro atoms. The maximum atomic E-state index is 13.4. The third-order valence-corrected chi connectivity index (χ3v) is 5.84. The van der Waals surface area contributed by atoms with Gasteiger partial charge in [0.15, 0.2) is 5.43 Å². The van der Waals surface area contributed by atoms with Crippen LogP contribution in [0.3, 0.4) is 0 Å². The maximum absolute atomic E-state index is 13.4. The van der Waals surface area contributed by atoms with E-state index in [1.807, 2.05) is 60.0 Å². The summed E-state index contributed by atoms with van der Waals surface area (Å²) in [5.74, 6) is -0.542. The van der Waals surface area contributed by atoms with Crippen molar-refractivity contribution in [3.05, 3.63) is 122 Å². The number of carbonyl (C=O) groups is 1. The van der Waals surface area contributed by atoms with Crippen molar-refractivity contribution in [3.8, 4) is 11.3 Å². The fourth-order valence-electron chi connectivity index (χ4n) is 3.64. The van der Waals surface area contributed by atoms with Crippen molar-refractivity contribution < 1.29 is 4.79 Å². The summed E-state index contributed by atoms with van der Waals surface area (Å²) >= 11 is 12.8. The van der Waals surface area contributed by atoms with Gasteiger partial charge in [0, 0.05) is 28.9 Å². The van der Waals surface area contributed by atoms with Crippen LogP contribution in [-0.2, 0) is 6.54 Å². The third kappa shape index (κ3) is 4.47. The number of anilines is 1. The number of aryl methyl sites for hydroxylation is 1. The predicted molar refractivity (Wildman–Crippen MR) is 131 cm³/mol. The van der Waals surface area contributed by atoms with Crippen LogP contribution in [-0.4, -0.2) is 10.5 Å². The van der Waals surface area contributed by atoms with Crippen LogP contribution < -0.4 is 10.7 Å². The molecule has 4 aromatic rings. The summed E-state index contributed by atoms with van der Waals surface area (Å²) in [7, 11) is 0. The lowest BCUT2D eigenvalue weighted by Crippen LogP contribution is -2.27. The van der Waals surface area contributed by atoms with Gasteiger partial charge < -0.3 is 9.88 Å². The molecule has 1 N–H and O–H groups in total. The summed E-state index contributed by atoms with van der Waals surface area (Å²) in [6.07, 6.45) is 0. The molecule has 0 fully saturated rings. The van der Waals surface area contributed by atoms with Gasteiger partial charge in [-0.15, -0.1) is 0 Å². The SMILES string of the molecule is Cc1cc(=O)c(C(=O)Nc2ccccc2Cl)c(-c2ccccc2Cl)n1Cc1ccccc1. The molecule has 0 saturated heterocycles. The van der Waals surface area contributed by atoms with Gasteiger partial charge in [0.25, 0.3) is 5.91 Å². The summed E-state index contributed by atoms with van der Waals surface area (Å²) in [6, 6.07) is 25.4. The molecule has 4 rings (SSSR count). The maximum Gasteiger partial charge on any atom is 0.261 e. The molecule has 1 amide bonds. The Morgan fingerprint density at radius 1 is 0.875 bits per heavy atom. The molecule has 0 aliphatic heterocycles. The zero-order valence-corrected chi connectivity index (χ0v) is 18.8. The number of pyridine rings is 1. The van der Waals surface area contributed by atoms with Gasteiger partial charge in [-0.05, 0) is 30.7 Å². The van der Waals surface area contributed by atoms with E-state index in [1.54, 1.807) is 30.3 Å². The second kappa shape index (κ2) is 9.43. The van der Waals surface area contributed by atoms with Gasteiger partial charge in [0.1, 0.15) is 5.56 Å². The highest BCUT2D eigenvalue weighted by Crippen LogP contribution is 2.31. The normalized spacial score (nSPS) is 10.7. The summed E-state index contributed by atoms with van der Waals surface area (Å²) < 4.78 is 1.94. The zero-order valence-electron chi connectivity index (χ0n) is 17.3. The first-order valence-corrected chi connectivity index (χ1v) is 10.8. The van der Waals surface area contributed by atoms with E-state index < -0.39 is 5.91 Å². The minimum absolute atomic E-state index is 0.0135. The van der Waals surface area contributed by atoms with Gasteiger partial charge in [0.2, 0.25) is 0 Å². The lowest BCUT2D eigenvalue weighted by atomic mass is 10.0. The minimum atomic E-state index is -0.542. The second-order valence-corrected chi connectivity index (χ2v) is 8.17. The lowest BCUT2D eigenvalue weighted by molar-refractivity contribution is 0.102. The molecular formula is C26H20Cl2N2O2. The Morgan fingerprint density at radius 3 is 2.19 bits per heavy atom. The first kappa shape index (κ1) is 21.9. The molecule has 0 bridgehead atoms. The summed E-state index contributed by atoms with van der Waals surface area (Å²) in [5, 5.41) is 3.62. The first-order chi connectivity index (χ1) is 15.5. The van der Waals surface area contributed by atoms with Gasteiger partial charge >= 0.3 is 0 Å². The zero-order chi connectivity index (χ0) is 22.7. The van der Waals surface area contributed by atoms with Crippen LogP contribution in [0.5, 0.6) is 0 Å². The van der Waals surface area contributed by atoms with Crippen LogP contribution in [0.15, 0.2) is 89.7 Å². The number of nitrogens with zero attached hydrogens (tertiary/aromatic N) is 1. The lowest BCUT2D eigenvalue weighted by Gasteiger charge is -2.21. The van der Waals surface area contributed by atoms with Gasteiger partial charge in [0.05, 0.1) is 16.4 Å². The molecule has 0 saturated carbocycles. The van der Waals surface area contributed by atoms with E-state index in [4.69, 9.17) is 23.2 Å². The third-order valence-electron chi connectivity index (χ3n) is 5.18. The average molecular weight is 463 g/mol. The summed E-state index contributed by atoms with van der Waals surface area (Å²) in [4.78, 5) is 26.5. The molecule has 0 unspecified atom stereocenters. The van der Waals surface area contributed by atoms with Crippen molar-refractivity contribution in [2.45, 2.75) is 13.5 Å². The number of nitrogens with one attached hydrogen (secondary N) is 1. The predicted octanol–water partition coefficient (Wildman–Crippen LogP) is 6.43. The Labute approximate surface area is 196 Å². The fraction of sp³-hybridized carbons (Fsp3) is 0.0769. The number of aromatic nitrogens is 1. The van der Waals surface area contributed by atoms with Crippen molar-refractivity contribution in [3.63, 3.8) is 0 Å². The largest absolute Gasteiger partial charge is 0.340 e. The van der Waals surface area contributed by atoms with Crippen LogP contribution in [0.4, 0.5) is 5.69 Å². The number of hydrogen-bond acceptors (Lipinski definition) is 2. The Balaban J connectivity index is 1.94. The van der Waals surface area contributed by atoms with Crippen LogP contribution >= 0.6 is 23.2 Å². The van der Waals surface area contributed by atoms with Crippen LogP contribution in [0.1, 0.15) is 21.6 Å². The molecule has 1 heterocycles. The van der Waals surface area contributed by atoms with Gasteiger partial charge in [-0.25, -0.2) is 0 Å². The van der Waals surface area contributed by atoms with E-state index in [0.29, 0.717) is 33.5 Å². The van der Waals surface area contributed by atoms with Crippen molar-refractivity contribution in [1.29, 1.82) is 0 Å². The van der Waals surface area contributed by atoms with Crippen molar-refractivity contribution in [2.75, 3.05) is 5.32 Å². The highest BCUT2D eigenvalue weighted by Gasteiger charge is 2.23. The average Bonchev–Trinajstić information content (AvgIpc) is 2.78. The quantitative estimate of drug-likeness (QED) is 0.371. The van der Waals surface area contributed by atoms with E-state index in [2.05, 4.69) is 5.32 Å². The number of benzene rings is 3. The highest BCUT2D eigenvalue weighted by molar-refractivity contribution is 6.34. The fourth-order valence-corrected chi connectivity index (χ4v) is 4.05. The number of hydrogen-bond donors (Lipinski definition) is 1. The van der Waals surface area contributed by atoms with Crippen molar-refractivity contribution >= 4 is 34.8 Å². The summed E-state index contributed by atoms with van der Waals surface area (Å²) in [5.41, 5.74) is 2.89. The molecule has 0 atom stereocenters. The molecule has 0 aliphatic rings. The standard InChI is InChI=1S/C26H20Cl2N2O2/c1-17-15-23(31)24(26(32)29-22-14-8-7-13-21(22)28)25(19-11-5-6-12-20(19)27)30(17)16-18-9-3-2-4-10-18/h2-15H,16H2,1H3,(H,29,32). The van der Waals surface area contributed by atoms with Gasteiger partial charge in [-0.2, -0.15) is 0 Å². The molecule has 32 heavy (non-hydrogen) atoms. The van der Waals surface area contributed by atoms with E-state index >= 15 is 0 Å². The number of para-hydroxylation sites is 1. The number of halogens is 2. The van der Waals surface area contributed by atoms with E-state index in [1.165, 1.54) is 6.07 Å². The molecule has 160 valence electrons. The number of rotatable bonds is 5. The summed E-state index contributed by atoms with van der Waals surface area (Å²) in [6.45, 7) is 2.32. The molecule has 0 aliphatic carbocycles. The molecule has 4 nitrogen and oxygen atoms in total. The van der Waals surface area contributed by atoms with Gasteiger partial charge in [-0.3, -0.25) is 9.59 Å². The second-order valence-electron chi connectivity index (χ2n) is 7.36. The molecular weight excluding hydrogens is 443 g/mol. The smallest absolute Gasteiger partial charge is 0.261 e. The van der Waals surface area contributed by atoms with E-state index in [-0.39, 0.29) is 11.0 Å². The van der Waals surface area contributed by atoms with Crippen LogP contribution in [0, 0.1) is 6.92 Å². The molecule has 3 aromatic carbocycles. The van der Waals surface area contributed by atoms with Crippen LogP contribution in [0.25, 0.3) is 11.3 Å². The Morgan fingerprint density at radius 2 is 1.50 bits per heavy atom. The Hall–Kier alpha value is -3.34. The molecule has 6 heteroatoms. The highest BCUT2D eigenvalue weighted by atomic mass is 35.5. The Kier molecular flexibility index (Phi) is 6.45. The van der Waals surface area contributed by atoms with Gasteiger partial charge in [-0.1, -0.05) is 83.9 Å². The Bertz CT molecular complexity index is 1350. The number of carbonyl (C=O) groups excluding carboxylic acids is 1.